The first-order chi connectivity index (χ1) is 19.1. The number of hydrogen-bond acceptors (Lipinski definition) is 8. The molecule has 0 fully saturated rings. The molecule has 2 heterocycles. The molecule has 0 aliphatic carbocycles. The number of nitrogens with one attached hydrogen (secondary N) is 1. The fourth-order valence-electron chi connectivity index (χ4n) is 4.20. The maximum Gasteiger partial charge on any atom is 0.408 e. The first kappa shape index (κ1) is 26.4. The molecule has 40 heavy (non-hydrogen) atoms. The van der Waals surface area contributed by atoms with Gasteiger partial charge in [0.1, 0.15) is 22.5 Å². The topological polar surface area (TPSA) is 125 Å². The maximum atomic E-state index is 13.2. The van der Waals surface area contributed by atoms with Crippen molar-refractivity contribution in [2.45, 2.75) is 32.4 Å². The van der Waals surface area contributed by atoms with Crippen molar-refractivity contribution in [3.8, 4) is 16.9 Å². The third-order valence-electron chi connectivity index (χ3n) is 5.90. The SMILES string of the molecule is CC(C)(C)OC(=O)N[C@@H](C(=O)Oc1ccc2c(-c3cc4ccccc4oc3=O)cc(=O)oc2c1)c1ccccc1. The molecule has 0 bridgehead atoms. The zero-order valence-electron chi connectivity index (χ0n) is 21.9. The molecule has 202 valence electrons. The summed E-state index contributed by atoms with van der Waals surface area (Å²) in [6.07, 6.45) is -0.790. The van der Waals surface area contributed by atoms with Gasteiger partial charge >= 0.3 is 23.3 Å². The fraction of sp³-hybridized carbons (Fsp3) is 0.161. The predicted octanol–water partition coefficient (Wildman–Crippen LogP) is 5.74. The van der Waals surface area contributed by atoms with Gasteiger partial charge < -0.3 is 23.6 Å². The van der Waals surface area contributed by atoms with Crippen molar-refractivity contribution in [1.29, 1.82) is 0 Å². The van der Waals surface area contributed by atoms with Crippen molar-refractivity contribution in [2.75, 3.05) is 0 Å². The van der Waals surface area contributed by atoms with Crippen LogP contribution in [0.4, 0.5) is 4.79 Å². The minimum atomic E-state index is -1.17. The molecule has 1 atom stereocenters. The van der Waals surface area contributed by atoms with E-state index >= 15 is 0 Å². The molecule has 0 aliphatic heterocycles. The maximum absolute atomic E-state index is 13.2. The first-order valence-corrected chi connectivity index (χ1v) is 12.4. The molecule has 0 saturated carbocycles. The molecule has 3 aromatic carbocycles. The molecular formula is C31H25NO8. The monoisotopic (exact) mass is 539 g/mol. The van der Waals surface area contributed by atoms with Gasteiger partial charge in [0.25, 0.3) is 0 Å². The third kappa shape index (κ3) is 5.78. The number of benzene rings is 3. The van der Waals surface area contributed by atoms with Crippen LogP contribution in [0.2, 0.25) is 0 Å². The fourth-order valence-corrected chi connectivity index (χ4v) is 4.20. The van der Waals surface area contributed by atoms with Crippen molar-refractivity contribution in [1.82, 2.24) is 5.32 Å². The van der Waals surface area contributed by atoms with E-state index in [0.717, 1.165) is 0 Å². The van der Waals surface area contributed by atoms with Gasteiger partial charge in [-0.15, -0.1) is 0 Å². The van der Waals surface area contributed by atoms with E-state index in [4.69, 9.17) is 18.3 Å². The molecule has 1 N–H and O–H groups in total. The van der Waals surface area contributed by atoms with Gasteiger partial charge in [0.15, 0.2) is 6.04 Å². The highest BCUT2D eigenvalue weighted by Crippen LogP contribution is 2.30. The lowest BCUT2D eigenvalue weighted by Gasteiger charge is -2.23. The average Bonchev–Trinajstić information content (AvgIpc) is 2.90. The van der Waals surface area contributed by atoms with Crippen molar-refractivity contribution in [3.05, 3.63) is 111 Å². The highest BCUT2D eigenvalue weighted by atomic mass is 16.6. The van der Waals surface area contributed by atoms with E-state index in [-0.39, 0.29) is 16.9 Å². The van der Waals surface area contributed by atoms with Crippen LogP contribution in [-0.2, 0) is 9.53 Å². The molecule has 5 aromatic rings. The standard InChI is InChI=1S/C31H25NO8/c1-31(2,3)40-30(36)32-27(18-9-5-4-6-10-18)29(35)37-20-13-14-21-22(17-26(33)38-25(21)16-20)23-15-19-11-7-8-12-24(19)39-28(23)34/h4-17,27H,1-3H3,(H,32,36)/t27-/m1/s1. The molecule has 0 unspecified atom stereocenters. The second-order valence-electron chi connectivity index (χ2n) is 10.0. The Morgan fingerprint density at radius 3 is 2.27 bits per heavy atom. The number of alkyl carbamates (subject to hydrolysis) is 1. The van der Waals surface area contributed by atoms with Crippen LogP contribution in [0.1, 0.15) is 32.4 Å². The summed E-state index contributed by atoms with van der Waals surface area (Å²) >= 11 is 0. The van der Waals surface area contributed by atoms with E-state index in [0.29, 0.717) is 27.5 Å². The van der Waals surface area contributed by atoms with E-state index in [1.54, 1.807) is 81.4 Å². The number of fused-ring (bicyclic) bond motifs is 2. The van der Waals surface area contributed by atoms with Crippen LogP contribution in [0.25, 0.3) is 33.1 Å². The van der Waals surface area contributed by atoms with Gasteiger partial charge in [-0.2, -0.15) is 0 Å². The smallest absolute Gasteiger partial charge is 0.408 e. The summed E-state index contributed by atoms with van der Waals surface area (Å²) < 4.78 is 21.7. The van der Waals surface area contributed by atoms with Gasteiger partial charge in [0.05, 0.1) is 5.56 Å². The Hall–Kier alpha value is -5.18. The normalized spacial score (nSPS) is 12.2. The summed E-state index contributed by atoms with van der Waals surface area (Å²) in [7, 11) is 0. The number of carbonyl (C=O) groups excluding carboxylic acids is 2. The Morgan fingerprint density at radius 1 is 0.800 bits per heavy atom. The molecule has 2 aromatic heterocycles. The summed E-state index contributed by atoms with van der Waals surface area (Å²) in [4.78, 5) is 50.9. The van der Waals surface area contributed by atoms with Crippen molar-refractivity contribution < 1.29 is 27.9 Å². The summed E-state index contributed by atoms with van der Waals surface area (Å²) in [5.41, 5.74) is -0.583. The van der Waals surface area contributed by atoms with Gasteiger partial charge in [0.2, 0.25) is 0 Å². The summed E-state index contributed by atoms with van der Waals surface area (Å²) in [6, 6.07) is 21.7. The highest BCUT2D eigenvalue weighted by molar-refractivity contribution is 5.96. The first-order valence-electron chi connectivity index (χ1n) is 12.4. The van der Waals surface area contributed by atoms with Crippen LogP contribution < -0.4 is 21.3 Å². The quantitative estimate of drug-likeness (QED) is 0.170. The molecule has 0 radical (unpaired) electrons. The predicted molar refractivity (Wildman–Crippen MR) is 148 cm³/mol. The molecular weight excluding hydrogens is 514 g/mol. The zero-order valence-corrected chi connectivity index (χ0v) is 21.9. The number of carbonyl (C=O) groups is 2. The Balaban J connectivity index is 1.49. The minimum Gasteiger partial charge on any atom is -0.444 e. The highest BCUT2D eigenvalue weighted by Gasteiger charge is 2.28. The molecule has 9 nitrogen and oxygen atoms in total. The van der Waals surface area contributed by atoms with Crippen molar-refractivity contribution in [3.63, 3.8) is 0 Å². The van der Waals surface area contributed by atoms with Crippen LogP contribution in [0.5, 0.6) is 5.75 Å². The van der Waals surface area contributed by atoms with Crippen LogP contribution in [0.15, 0.2) is 103 Å². The number of hydrogen-bond donors (Lipinski definition) is 1. The minimum absolute atomic E-state index is 0.0651. The average molecular weight is 540 g/mol. The van der Waals surface area contributed by atoms with E-state index in [1.807, 2.05) is 6.07 Å². The van der Waals surface area contributed by atoms with E-state index < -0.39 is 35.0 Å². The zero-order chi connectivity index (χ0) is 28.4. The van der Waals surface area contributed by atoms with E-state index in [9.17, 15) is 19.2 Å². The Labute approximate surface area is 227 Å². The van der Waals surface area contributed by atoms with Crippen molar-refractivity contribution in [2.24, 2.45) is 0 Å². The molecule has 0 saturated heterocycles. The third-order valence-corrected chi connectivity index (χ3v) is 5.90. The van der Waals surface area contributed by atoms with Crippen LogP contribution in [-0.4, -0.2) is 17.7 Å². The number of ether oxygens (including phenoxy) is 2. The number of para-hydroxylation sites is 1. The van der Waals surface area contributed by atoms with E-state index in [1.165, 1.54) is 18.2 Å². The Kier molecular flexibility index (Phi) is 6.96. The van der Waals surface area contributed by atoms with Gasteiger partial charge in [-0.05, 0) is 50.6 Å². The lowest BCUT2D eigenvalue weighted by atomic mass is 10.0. The van der Waals surface area contributed by atoms with Crippen LogP contribution in [0.3, 0.4) is 0 Å². The van der Waals surface area contributed by atoms with Gasteiger partial charge in [-0.3, -0.25) is 0 Å². The lowest BCUT2D eigenvalue weighted by molar-refractivity contribution is -0.137. The molecule has 1 amide bonds. The Morgan fingerprint density at radius 2 is 1.52 bits per heavy atom. The second-order valence-corrected chi connectivity index (χ2v) is 10.0. The number of amides is 1. The number of rotatable bonds is 5. The van der Waals surface area contributed by atoms with Crippen LogP contribution >= 0.6 is 0 Å². The van der Waals surface area contributed by atoms with Crippen LogP contribution in [0, 0.1) is 0 Å². The second kappa shape index (κ2) is 10.5. The Bertz CT molecular complexity index is 1850. The molecule has 0 aliphatic rings. The van der Waals surface area contributed by atoms with E-state index in [2.05, 4.69) is 5.32 Å². The van der Waals surface area contributed by atoms with Crippen molar-refractivity contribution >= 4 is 34.0 Å². The largest absolute Gasteiger partial charge is 0.444 e. The number of esters is 1. The molecule has 5 rings (SSSR count). The summed E-state index contributed by atoms with van der Waals surface area (Å²) in [5.74, 6) is -0.722. The molecule has 9 heteroatoms. The van der Waals surface area contributed by atoms with Gasteiger partial charge in [0, 0.05) is 28.5 Å². The summed E-state index contributed by atoms with van der Waals surface area (Å²) in [6.45, 7) is 5.13. The van der Waals surface area contributed by atoms with Gasteiger partial charge in [-0.25, -0.2) is 19.2 Å². The lowest BCUT2D eigenvalue weighted by Crippen LogP contribution is -2.39. The molecule has 0 spiro atoms. The summed E-state index contributed by atoms with van der Waals surface area (Å²) in [5, 5.41) is 3.68. The van der Waals surface area contributed by atoms with Gasteiger partial charge in [-0.1, -0.05) is 48.5 Å².